The standard InChI is InChI=1S/C15H25NO3/c1-5-18-15(19-6-2)9-10-16-13-7-8-14(17-4)12(3)11-13/h7-8,11,15-16H,5-6,9-10H2,1-4H3. The molecule has 0 aliphatic heterocycles. The van der Waals surface area contributed by atoms with E-state index in [1.165, 1.54) is 0 Å². The lowest BCUT2D eigenvalue weighted by Gasteiger charge is -2.17. The molecule has 1 aromatic rings. The maximum atomic E-state index is 5.50. The zero-order chi connectivity index (χ0) is 14.1. The predicted molar refractivity (Wildman–Crippen MR) is 77.9 cm³/mol. The Balaban J connectivity index is 2.41. The maximum absolute atomic E-state index is 5.50. The number of nitrogens with one attached hydrogen (secondary N) is 1. The van der Waals surface area contributed by atoms with Crippen LogP contribution in [-0.4, -0.2) is 33.2 Å². The van der Waals surface area contributed by atoms with Crippen LogP contribution in [0.4, 0.5) is 5.69 Å². The first-order chi connectivity index (χ1) is 9.21. The summed E-state index contributed by atoms with van der Waals surface area (Å²) >= 11 is 0. The minimum atomic E-state index is -0.123. The fourth-order valence-electron chi connectivity index (χ4n) is 1.91. The van der Waals surface area contributed by atoms with E-state index in [4.69, 9.17) is 14.2 Å². The first kappa shape index (κ1) is 15.8. The number of rotatable bonds is 9. The Morgan fingerprint density at radius 1 is 1.16 bits per heavy atom. The molecule has 0 atom stereocenters. The van der Waals surface area contributed by atoms with E-state index in [9.17, 15) is 0 Å². The third-order valence-corrected chi connectivity index (χ3v) is 2.81. The van der Waals surface area contributed by atoms with Crippen molar-refractivity contribution in [2.75, 3.05) is 32.2 Å². The van der Waals surface area contributed by atoms with Crippen molar-refractivity contribution in [3.05, 3.63) is 23.8 Å². The molecular weight excluding hydrogens is 242 g/mol. The van der Waals surface area contributed by atoms with Crippen LogP contribution in [0.2, 0.25) is 0 Å². The van der Waals surface area contributed by atoms with Crippen LogP contribution in [0, 0.1) is 6.92 Å². The molecule has 0 heterocycles. The summed E-state index contributed by atoms with van der Waals surface area (Å²) in [7, 11) is 1.68. The summed E-state index contributed by atoms with van der Waals surface area (Å²) in [5.41, 5.74) is 2.21. The van der Waals surface area contributed by atoms with Gasteiger partial charge in [-0.25, -0.2) is 0 Å². The molecule has 0 aromatic heterocycles. The number of hydrogen-bond donors (Lipinski definition) is 1. The van der Waals surface area contributed by atoms with Gasteiger partial charge >= 0.3 is 0 Å². The molecule has 108 valence electrons. The van der Waals surface area contributed by atoms with Gasteiger partial charge in [0.25, 0.3) is 0 Å². The van der Waals surface area contributed by atoms with E-state index >= 15 is 0 Å². The third kappa shape index (κ3) is 5.49. The molecule has 0 saturated carbocycles. The molecule has 0 radical (unpaired) electrons. The number of methoxy groups -OCH3 is 1. The lowest BCUT2D eigenvalue weighted by molar-refractivity contribution is -0.137. The van der Waals surface area contributed by atoms with E-state index in [-0.39, 0.29) is 6.29 Å². The number of aryl methyl sites for hydroxylation is 1. The van der Waals surface area contributed by atoms with Crippen molar-refractivity contribution >= 4 is 5.69 Å². The van der Waals surface area contributed by atoms with E-state index < -0.39 is 0 Å². The smallest absolute Gasteiger partial charge is 0.159 e. The molecule has 1 aromatic carbocycles. The van der Waals surface area contributed by atoms with Crippen LogP contribution >= 0.6 is 0 Å². The summed E-state index contributed by atoms with van der Waals surface area (Å²) in [4.78, 5) is 0. The van der Waals surface area contributed by atoms with E-state index in [1.54, 1.807) is 7.11 Å². The minimum Gasteiger partial charge on any atom is -0.496 e. The lowest BCUT2D eigenvalue weighted by Crippen LogP contribution is -2.21. The average molecular weight is 267 g/mol. The quantitative estimate of drug-likeness (QED) is 0.697. The van der Waals surface area contributed by atoms with Crippen LogP contribution in [0.1, 0.15) is 25.8 Å². The Bertz CT molecular complexity index is 362. The highest BCUT2D eigenvalue weighted by molar-refractivity contribution is 5.50. The first-order valence-corrected chi connectivity index (χ1v) is 6.83. The molecule has 0 aliphatic rings. The summed E-state index contributed by atoms with van der Waals surface area (Å²) in [6.07, 6.45) is 0.703. The van der Waals surface area contributed by atoms with E-state index in [2.05, 4.69) is 11.4 Å². The second kappa shape index (κ2) is 8.77. The van der Waals surface area contributed by atoms with E-state index in [0.29, 0.717) is 13.2 Å². The molecule has 0 amide bonds. The molecule has 4 nitrogen and oxygen atoms in total. The highest BCUT2D eigenvalue weighted by Crippen LogP contribution is 2.21. The van der Waals surface area contributed by atoms with Crippen LogP contribution in [0.5, 0.6) is 5.75 Å². The SMILES string of the molecule is CCOC(CCNc1ccc(OC)c(C)c1)OCC. The Morgan fingerprint density at radius 3 is 2.37 bits per heavy atom. The number of ether oxygens (including phenoxy) is 3. The van der Waals surface area contributed by atoms with Crippen LogP contribution < -0.4 is 10.1 Å². The summed E-state index contributed by atoms with van der Waals surface area (Å²) in [6.45, 7) is 8.15. The van der Waals surface area contributed by atoms with Gasteiger partial charge in [0.2, 0.25) is 0 Å². The van der Waals surface area contributed by atoms with Gasteiger partial charge in [-0.05, 0) is 44.5 Å². The highest BCUT2D eigenvalue weighted by atomic mass is 16.7. The van der Waals surface area contributed by atoms with Gasteiger partial charge in [-0.1, -0.05) is 0 Å². The normalized spacial score (nSPS) is 10.8. The molecule has 0 bridgehead atoms. The predicted octanol–water partition coefficient (Wildman–Crippen LogP) is 3.20. The number of benzene rings is 1. The largest absolute Gasteiger partial charge is 0.496 e. The van der Waals surface area contributed by atoms with Crippen molar-refractivity contribution < 1.29 is 14.2 Å². The van der Waals surface area contributed by atoms with Crippen molar-refractivity contribution in [2.24, 2.45) is 0 Å². The van der Waals surface area contributed by atoms with Crippen LogP contribution in [0.3, 0.4) is 0 Å². The van der Waals surface area contributed by atoms with Crippen molar-refractivity contribution in [3.8, 4) is 5.75 Å². The summed E-state index contributed by atoms with van der Waals surface area (Å²) < 4.78 is 16.2. The highest BCUT2D eigenvalue weighted by Gasteiger charge is 2.07. The zero-order valence-electron chi connectivity index (χ0n) is 12.4. The third-order valence-electron chi connectivity index (χ3n) is 2.81. The van der Waals surface area contributed by atoms with Gasteiger partial charge in [-0.15, -0.1) is 0 Å². The van der Waals surface area contributed by atoms with Gasteiger partial charge in [0.15, 0.2) is 6.29 Å². The van der Waals surface area contributed by atoms with Crippen LogP contribution in [0.25, 0.3) is 0 Å². The molecule has 1 N–H and O–H groups in total. The van der Waals surface area contributed by atoms with Crippen molar-refractivity contribution in [1.82, 2.24) is 0 Å². The summed E-state index contributed by atoms with van der Waals surface area (Å²) in [6, 6.07) is 6.07. The molecule has 0 saturated heterocycles. The van der Waals surface area contributed by atoms with Crippen molar-refractivity contribution in [1.29, 1.82) is 0 Å². The van der Waals surface area contributed by atoms with Crippen molar-refractivity contribution in [2.45, 2.75) is 33.5 Å². The van der Waals surface area contributed by atoms with Crippen LogP contribution in [-0.2, 0) is 9.47 Å². The molecule has 0 unspecified atom stereocenters. The maximum Gasteiger partial charge on any atom is 0.159 e. The Hall–Kier alpha value is -1.26. The minimum absolute atomic E-state index is 0.123. The molecule has 0 aliphatic carbocycles. The van der Waals surface area contributed by atoms with E-state index in [0.717, 1.165) is 30.0 Å². The average Bonchev–Trinajstić information content (AvgIpc) is 2.39. The molecule has 0 fully saturated rings. The van der Waals surface area contributed by atoms with Crippen molar-refractivity contribution in [3.63, 3.8) is 0 Å². The Kier molecular flexibility index (Phi) is 7.30. The lowest BCUT2D eigenvalue weighted by atomic mass is 10.2. The second-order valence-corrected chi connectivity index (χ2v) is 4.24. The number of hydrogen-bond acceptors (Lipinski definition) is 4. The second-order valence-electron chi connectivity index (χ2n) is 4.24. The van der Waals surface area contributed by atoms with Gasteiger partial charge in [0.1, 0.15) is 5.75 Å². The summed E-state index contributed by atoms with van der Waals surface area (Å²) in [5.74, 6) is 0.909. The Morgan fingerprint density at radius 2 is 1.84 bits per heavy atom. The van der Waals surface area contributed by atoms with E-state index in [1.807, 2.05) is 32.9 Å². The van der Waals surface area contributed by atoms with Gasteiger partial charge < -0.3 is 19.5 Å². The van der Waals surface area contributed by atoms with Gasteiger partial charge in [-0.3, -0.25) is 0 Å². The monoisotopic (exact) mass is 267 g/mol. The molecule has 4 heteroatoms. The number of anilines is 1. The van der Waals surface area contributed by atoms with Gasteiger partial charge in [-0.2, -0.15) is 0 Å². The molecule has 1 rings (SSSR count). The Labute approximate surface area is 116 Å². The molecule has 0 spiro atoms. The fourth-order valence-corrected chi connectivity index (χ4v) is 1.91. The summed E-state index contributed by atoms with van der Waals surface area (Å²) in [5, 5.41) is 3.37. The molecule has 19 heavy (non-hydrogen) atoms. The molecular formula is C15H25NO3. The first-order valence-electron chi connectivity index (χ1n) is 6.83. The fraction of sp³-hybridized carbons (Fsp3) is 0.600. The van der Waals surface area contributed by atoms with Gasteiger partial charge in [0.05, 0.1) is 7.11 Å². The topological polar surface area (TPSA) is 39.7 Å². The zero-order valence-corrected chi connectivity index (χ0v) is 12.4. The van der Waals surface area contributed by atoms with Gasteiger partial charge in [0, 0.05) is 31.9 Å². The van der Waals surface area contributed by atoms with Crippen LogP contribution in [0.15, 0.2) is 18.2 Å².